The third-order valence-corrected chi connectivity index (χ3v) is 6.30. The van der Waals surface area contributed by atoms with Gasteiger partial charge in [0.05, 0.1) is 28.1 Å². The number of carbonyl (C=O) groups excluding carboxylic acids is 2. The van der Waals surface area contributed by atoms with Crippen LogP contribution in [0.5, 0.6) is 0 Å². The second-order valence-electron chi connectivity index (χ2n) is 7.51. The molecule has 0 radical (unpaired) electrons. The number of fused-ring (bicyclic) bond motifs is 1. The van der Waals surface area contributed by atoms with Crippen molar-refractivity contribution in [2.45, 2.75) is 25.8 Å². The second-order valence-corrected chi connectivity index (χ2v) is 8.62. The number of amides is 3. The summed E-state index contributed by atoms with van der Waals surface area (Å²) >= 11 is 1.58. The molecule has 0 aliphatic carbocycles. The van der Waals surface area contributed by atoms with Crippen molar-refractivity contribution in [3.8, 4) is 0 Å². The summed E-state index contributed by atoms with van der Waals surface area (Å²) in [5.41, 5.74) is 8.29. The Labute approximate surface area is 179 Å². The molecular formula is C22H25N5O2S. The molecule has 0 saturated carbocycles. The van der Waals surface area contributed by atoms with Gasteiger partial charge in [-0.25, -0.2) is 9.78 Å². The van der Waals surface area contributed by atoms with Gasteiger partial charge in [-0.2, -0.15) is 0 Å². The average molecular weight is 424 g/mol. The Kier molecular flexibility index (Phi) is 5.85. The van der Waals surface area contributed by atoms with Crippen molar-refractivity contribution >= 4 is 44.9 Å². The average Bonchev–Trinajstić information content (AvgIpc) is 3.16. The van der Waals surface area contributed by atoms with Crippen LogP contribution < -0.4 is 16.0 Å². The number of hydrogen-bond acceptors (Lipinski definition) is 5. The van der Waals surface area contributed by atoms with Gasteiger partial charge in [0.2, 0.25) is 5.91 Å². The topological polar surface area (TPSA) is 91.6 Å². The molecule has 4 rings (SSSR count). The molecule has 8 heteroatoms. The number of primary amides is 1. The highest BCUT2D eigenvalue weighted by atomic mass is 32.1. The van der Waals surface area contributed by atoms with Gasteiger partial charge in [0, 0.05) is 25.7 Å². The van der Waals surface area contributed by atoms with Gasteiger partial charge in [0.1, 0.15) is 5.01 Å². The maximum atomic E-state index is 12.9. The molecule has 0 bridgehead atoms. The van der Waals surface area contributed by atoms with Crippen LogP contribution in [0.25, 0.3) is 10.2 Å². The fourth-order valence-corrected chi connectivity index (χ4v) is 4.69. The fraction of sp³-hybridized carbons (Fsp3) is 0.318. The summed E-state index contributed by atoms with van der Waals surface area (Å²) in [5.74, 6) is -0.515. The molecule has 1 aliphatic heterocycles. The van der Waals surface area contributed by atoms with Gasteiger partial charge in [0.25, 0.3) is 0 Å². The summed E-state index contributed by atoms with van der Waals surface area (Å²) in [5, 5.41) is 3.84. The summed E-state index contributed by atoms with van der Waals surface area (Å²) in [6, 6.07) is 12.9. The predicted molar refractivity (Wildman–Crippen MR) is 121 cm³/mol. The first-order valence-electron chi connectivity index (χ1n) is 10.1. The highest BCUT2D eigenvalue weighted by molar-refractivity contribution is 7.18. The Bertz CT molecular complexity index is 1040. The van der Waals surface area contributed by atoms with Crippen molar-refractivity contribution in [3.63, 3.8) is 0 Å². The number of piperidine rings is 1. The normalized spacial score (nSPS) is 14.0. The predicted octanol–water partition coefficient (Wildman–Crippen LogP) is 4.05. The third kappa shape index (κ3) is 4.38. The van der Waals surface area contributed by atoms with E-state index in [1.54, 1.807) is 35.4 Å². The Hall–Kier alpha value is -3.13. The van der Waals surface area contributed by atoms with Crippen molar-refractivity contribution in [2.75, 3.05) is 30.4 Å². The van der Waals surface area contributed by atoms with Crippen LogP contribution in [0.4, 0.5) is 16.2 Å². The minimum Gasteiger partial charge on any atom is -0.370 e. The molecule has 156 valence electrons. The molecular weight excluding hydrogens is 398 g/mol. The molecule has 0 unspecified atom stereocenters. The number of rotatable bonds is 5. The molecule has 3 aromatic rings. The lowest BCUT2D eigenvalue weighted by Gasteiger charge is -2.31. The van der Waals surface area contributed by atoms with Crippen LogP contribution in [0, 0.1) is 0 Å². The zero-order valence-corrected chi connectivity index (χ0v) is 17.7. The monoisotopic (exact) mass is 423 g/mol. The van der Waals surface area contributed by atoms with E-state index in [-0.39, 0.29) is 6.03 Å². The summed E-state index contributed by atoms with van der Waals surface area (Å²) in [6.07, 6.45) is 3.44. The molecule has 2 heterocycles. The van der Waals surface area contributed by atoms with E-state index in [1.807, 2.05) is 30.3 Å². The molecule has 30 heavy (non-hydrogen) atoms. The molecule has 1 fully saturated rings. The van der Waals surface area contributed by atoms with Crippen molar-refractivity contribution in [1.29, 1.82) is 0 Å². The standard InChI is InChI=1S/C22H25N5O2S/c1-26(14-20-24-16-7-3-4-8-19(16)30-20)22(29)25-17-13-15(21(23)28)9-10-18(17)27-11-5-2-6-12-27/h3-4,7-10,13H,2,5-6,11-12,14H2,1H3,(H2,23,28)(H,25,29). The maximum absolute atomic E-state index is 12.9. The lowest BCUT2D eigenvalue weighted by atomic mass is 10.1. The number of benzene rings is 2. The number of nitrogens with two attached hydrogens (primary N) is 1. The Morgan fingerprint density at radius 2 is 1.93 bits per heavy atom. The Morgan fingerprint density at radius 3 is 2.67 bits per heavy atom. The number of nitrogens with zero attached hydrogens (tertiary/aromatic N) is 3. The molecule has 3 amide bonds. The Balaban J connectivity index is 1.52. The number of aromatic nitrogens is 1. The molecule has 0 spiro atoms. The van der Waals surface area contributed by atoms with Gasteiger partial charge in [-0.1, -0.05) is 12.1 Å². The van der Waals surface area contributed by atoms with E-state index < -0.39 is 5.91 Å². The van der Waals surface area contributed by atoms with Crippen LogP contribution in [-0.4, -0.2) is 42.0 Å². The molecule has 1 saturated heterocycles. The number of thiazole rings is 1. The first-order chi connectivity index (χ1) is 14.5. The highest BCUT2D eigenvalue weighted by Crippen LogP contribution is 2.30. The first-order valence-corrected chi connectivity index (χ1v) is 10.9. The summed E-state index contributed by atoms with van der Waals surface area (Å²) in [4.78, 5) is 33.0. The van der Waals surface area contributed by atoms with E-state index in [9.17, 15) is 9.59 Å². The van der Waals surface area contributed by atoms with Gasteiger partial charge >= 0.3 is 6.03 Å². The third-order valence-electron chi connectivity index (χ3n) is 5.28. The lowest BCUT2D eigenvalue weighted by molar-refractivity contribution is 0.1000. The van der Waals surface area contributed by atoms with Gasteiger partial charge in [-0.05, 0) is 49.6 Å². The first kappa shape index (κ1) is 20.2. The van der Waals surface area contributed by atoms with Crippen molar-refractivity contribution in [3.05, 3.63) is 53.0 Å². The number of hydrogen-bond donors (Lipinski definition) is 2. The zero-order chi connectivity index (χ0) is 21.1. The van der Waals surface area contributed by atoms with E-state index in [2.05, 4.69) is 15.2 Å². The SMILES string of the molecule is CN(Cc1nc2ccccc2s1)C(=O)Nc1cc(C(N)=O)ccc1N1CCCCC1. The van der Waals surface area contributed by atoms with Gasteiger partial charge < -0.3 is 20.9 Å². The molecule has 1 aliphatic rings. The van der Waals surface area contributed by atoms with Gasteiger partial charge in [-0.3, -0.25) is 4.79 Å². The summed E-state index contributed by atoms with van der Waals surface area (Å²) in [7, 11) is 1.74. The number of carbonyl (C=O) groups is 2. The number of para-hydroxylation sites is 1. The lowest BCUT2D eigenvalue weighted by Crippen LogP contribution is -2.33. The van der Waals surface area contributed by atoms with Crippen molar-refractivity contribution in [1.82, 2.24) is 9.88 Å². The summed E-state index contributed by atoms with van der Waals surface area (Å²) in [6.45, 7) is 2.26. The molecule has 7 nitrogen and oxygen atoms in total. The minimum atomic E-state index is -0.515. The molecule has 1 aromatic heterocycles. The van der Waals surface area contributed by atoms with E-state index in [0.29, 0.717) is 17.8 Å². The molecule has 2 aromatic carbocycles. The van der Waals surface area contributed by atoms with Gasteiger partial charge in [-0.15, -0.1) is 11.3 Å². The van der Waals surface area contributed by atoms with Crippen LogP contribution in [0.15, 0.2) is 42.5 Å². The van der Waals surface area contributed by atoms with Crippen LogP contribution in [0.2, 0.25) is 0 Å². The number of nitrogens with one attached hydrogen (secondary N) is 1. The largest absolute Gasteiger partial charge is 0.370 e. The van der Waals surface area contributed by atoms with E-state index in [4.69, 9.17) is 5.73 Å². The van der Waals surface area contributed by atoms with E-state index in [0.717, 1.165) is 46.8 Å². The quantitative estimate of drug-likeness (QED) is 0.648. The van der Waals surface area contributed by atoms with Crippen LogP contribution in [-0.2, 0) is 6.54 Å². The zero-order valence-electron chi connectivity index (χ0n) is 16.9. The highest BCUT2D eigenvalue weighted by Gasteiger charge is 2.19. The van der Waals surface area contributed by atoms with E-state index in [1.165, 1.54) is 6.42 Å². The minimum absolute atomic E-state index is 0.255. The maximum Gasteiger partial charge on any atom is 0.322 e. The van der Waals surface area contributed by atoms with E-state index >= 15 is 0 Å². The molecule has 0 atom stereocenters. The van der Waals surface area contributed by atoms with Crippen molar-refractivity contribution in [2.24, 2.45) is 5.73 Å². The number of anilines is 2. The van der Waals surface area contributed by atoms with Crippen LogP contribution in [0.1, 0.15) is 34.6 Å². The van der Waals surface area contributed by atoms with Gasteiger partial charge in [0.15, 0.2) is 0 Å². The van der Waals surface area contributed by atoms with Crippen LogP contribution >= 0.6 is 11.3 Å². The fourth-order valence-electron chi connectivity index (χ4n) is 3.67. The summed E-state index contributed by atoms with van der Waals surface area (Å²) < 4.78 is 1.10. The van der Waals surface area contributed by atoms with Crippen LogP contribution in [0.3, 0.4) is 0 Å². The van der Waals surface area contributed by atoms with Crippen molar-refractivity contribution < 1.29 is 9.59 Å². The Morgan fingerprint density at radius 1 is 1.17 bits per heavy atom. The number of urea groups is 1. The smallest absolute Gasteiger partial charge is 0.322 e. The molecule has 3 N–H and O–H groups in total. The second kappa shape index (κ2) is 8.71.